The molecule has 1 amide bonds. The monoisotopic (exact) mass is 493 g/mol. The second-order valence-electron chi connectivity index (χ2n) is 9.66. The van der Waals surface area contributed by atoms with Gasteiger partial charge in [0.25, 0.3) is 0 Å². The van der Waals surface area contributed by atoms with Crippen LogP contribution >= 0.6 is 0 Å². The molecule has 1 aromatic carbocycles. The number of ether oxygens (including phenoxy) is 2. The Kier molecular flexibility index (Phi) is 8.20. The van der Waals surface area contributed by atoms with Gasteiger partial charge in [-0.2, -0.15) is 0 Å². The molecule has 36 heavy (non-hydrogen) atoms. The van der Waals surface area contributed by atoms with Crippen molar-refractivity contribution < 1.29 is 19.1 Å². The molecule has 0 bridgehead atoms. The number of amides is 1. The molecule has 3 atom stereocenters. The number of esters is 1. The highest BCUT2D eigenvalue weighted by Crippen LogP contribution is 2.32. The van der Waals surface area contributed by atoms with Crippen LogP contribution in [0.2, 0.25) is 0 Å². The average Bonchev–Trinajstić information content (AvgIpc) is 3.55. The predicted molar refractivity (Wildman–Crippen MR) is 135 cm³/mol. The summed E-state index contributed by atoms with van der Waals surface area (Å²) in [5.41, 5.74) is 3.76. The van der Waals surface area contributed by atoms with Gasteiger partial charge in [-0.25, -0.2) is 9.48 Å². The van der Waals surface area contributed by atoms with E-state index >= 15 is 0 Å². The minimum Gasteiger partial charge on any atom is -0.497 e. The van der Waals surface area contributed by atoms with Crippen LogP contribution in [0.1, 0.15) is 54.7 Å². The number of carbonyl (C=O) groups excluding carboxylic acids is 2. The Labute approximate surface area is 212 Å². The maximum atomic E-state index is 13.3. The number of hydrogen-bond acceptors (Lipinski definition) is 7. The Morgan fingerprint density at radius 2 is 2.00 bits per heavy atom. The van der Waals surface area contributed by atoms with Crippen molar-refractivity contribution in [3.8, 4) is 5.75 Å². The highest BCUT2D eigenvalue weighted by molar-refractivity contribution is 5.86. The van der Waals surface area contributed by atoms with Crippen molar-refractivity contribution in [3.05, 3.63) is 65.5 Å². The van der Waals surface area contributed by atoms with E-state index in [0.717, 1.165) is 37.1 Å². The van der Waals surface area contributed by atoms with Crippen LogP contribution in [0, 0.1) is 5.92 Å². The average molecular weight is 494 g/mol. The first-order chi connectivity index (χ1) is 17.4. The van der Waals surface area contributed by atoms with Crippen molar-refractivity contribution in [2.75, 3.05) is 27.3 Å². The van der Waals surface area contributed by atoms with Crippen LogP contribution in [0.3, 0.4) is 0 Å². The summed E-state index contributed by atoms with van der Waals surface area (Å²) in [6.07, 6.45) is 7.60. The molecule has 9 heteroatoms. The number of nitrogens with zero attached hydrogens (tertiary/aromatic N) is 4. The van der Waals surface area contributed by atoms with Gasteiger partial charge < -0.3 is 14.8 Å². The lowest BCUT2D eigenvalue weighted by atomic mass is 9.85. The fourth-order valence-corrected chi connectivity index (χ4v) is 4.96. The molecule has 2 aliphatic rings. The molecule has 192 valence electrons. The second-order valence-corrected chi connectivity index (χ2v) is 9.66. The molecule has 2 aromatic rings. The van der Waals surface area contributed by atoms with E-state index in [-0.39, 0.29) is 23.7 Å². The van der Waals surface area contributed by atoms with Crippen molar-refractivity contribution in [1.29, 1.82) is 0 Å². The summed E-state index contributed by atoms with van der Waals surface area (Å²) >= 11 is 0. The van der Waals surface area contributed by atoms with Crippen LogP contribution in [0.4, 0.5) is 0 Å². The largest absolute Gasteiger partial charge is 0.497 e. The van der Waals surface area contributed by atoms with E-state index in [1.807, 2.05) is 24.3 Å². The van der Waals surface area contributed by atoms with Crippen molar-refractivity contribution in [3.63, 3.8) is 0 Å². The third-order valence-electron chi connectivity index (χ3n) is 7.20. The van der Waals surface area contributed by atoms with Gasteiger partial charge in [0.15, 0.2) is 5.69 Å². The predicted octanol–water partition coefficient (Wildman–Crippen LogP) is 3.31. The first-order valence-electron chi connectivity index (χ1n) is 12.4. The number of hydrogen-bond donors (Lipinski definition) is 1. The standard InChI is InChI=1S/C27H35N5O4/c1-18(2)21-9-5-20(6-10-21)15-31-16-22(32-17-24(29-30-32)27(34)36-4)13-25(31)26(33)28-14-19-7-11-23(35-3)12-8-19/h5,7-8,11-12,17,21-22,25H,1,6,9-10,13-16H2,2-4H3,(H,28,33)/t21-,22-,25+/m1/s1. The van der Waals surface area contributed by atoms with E-state index < -0.39 is 5.97 Å². The molecule has 0 saturated carbocycles. The van der Waals surface area contributed by atoms with E-state index in [1.165, 1.54) is 18.3 Å². The smallest absolute Gasteiger partial charge is 0.360 e. The molecular weight excluding hydrogens is 458 g/mol. The van der Waals surface area contributed by atoms with Crippen LogP contribution in [-0.4, -0.2) is 65.1 Å². The molecule has 1 aliphatic carbocycles. The summed E-state index contributed by atoms with van der Waals surface area (Å²) < 4.78 is 11.7. The summed E-state index contributed by atoms with van der Waals surface area (Å²) in [5.74, 6) is 0.779. The topological polar surface area (TPSA) is 98.6 Å². The minimum absolute atomic E-state index is 0.0159. The van der Waals surface area contributed by atoms with Gasteiger partial charge in [-0.1, -0.05) is 41.1 Å². The lowest BCUT2D eigenvalue weighted by Gasteiger charge is -2.28. The molecular formula is C27H35N5O4. The normalized spacial score (nSPS) is 22.1. The van der Waals surface area contributed by atoms with Gasteiger partial charge in [-0.05, 0) is 56.2 Å². The summed E-state index contributed by atoms with van der Waals surface area (Å²) in [6.45, 7) is 8.03. The molecule has 1 saturated heterocycles. The zero-order chi connectivity index (χ0) is 25.7. The summed E-state index contributed by atoms with van der Waals surface area (Å²) in [5, 5.41) is 11.2. The Hall–Kier alpha value is -3.46. The molecule has 1 fully saturated rings. The summed E-state index contributed by atoms with van der Waals surface area (Å²) in [6, 6.07) is 7.29. The SMILES string of the molecule is C=C(C)[C@@H]1CC=C(CN2C[C@H](n3cc(C(=O)OC)nn3)C[C@H]2C(=O)NCc2ccc(OC)cc2)CC1. The van der Waals surface area contributed by atoms with Gasteiger partial charge in [0, 0.05) is 19.6 Å². The number of nitrogens with one attached hydrogen (secondary N) is 1. The van der Waals surface area contributed by atoms with Gasteiger partial charge in [0.05, 0.1) is 32.5 Å². The zero-order valence-corrected chi connectivity index (χ0v) is 21.3. The Morgan fingerprint density at radius 1 is 1.22 bits per heavy atom. The van der Waals surface area contributed by atoms with Crippen LogP contribution in [0.5, 0.6) is 5.75 Å². The molecule has 4 rings (SSSR count). The van der Waals surface area contributed by atoms with Crippen molar-refractivity contribution >= 4 is 11.9 Å². The van der Waals surface area contributed by atoms with Crippen LogP contribution in [0.25, 0.3) is 0 Å². The van der Waals surface area contributed by atoms with Gasteiger partial charge in [-0.15, -0.1) is 5.10 Å². The van der Waals surface area contributed by atoms with Gasteiger partial charge in [0.2, 0.25) is 5.91 Å². The Morgan fingerprint density at radius 3 is 2.64 bits per heavy atom. The maximum Gasteiger partial charge on any atom is 0.360 e. The third kappa shape index (κ3) is 6.02. The first kappa shape index (κ1) is 25.6. The van der Waals surface area contributed by atoms with Gasteiger partial charge >= 0.3 is 5.97 Å². The highest BCUT2D eigenvalue weighted by Gasteiger charge is 2.38. The van der Waals surface area contributed by atoms with E-state index in [1.54, 1.807) is 18.0 Å². The molecule has 2 heterocycles. The number of likely N-dealkylation sites (tertiary alicyclic amines) is 1. The second kappa shape index (κ2) is 11.5. The minimum atomic E-state index is -0.524. The van der Waals surface area contributed by atoms with Crippen LogP contribution in [-0.2, 0) is 16.1 Å². The fourth-order valence-electron chi connectivity index (χ4n) is 4.96. The van der Waals surface area contributed by atoms with E-state index in [9.17, 15) is 9.59 Å². The van der Waals surface area contributed by atoms with Gasteiger partial charge in [0.1, 0.15) is 5.75 Å². The van der Waals surface area contributed by atoms with E-state index in [0.29, 0.717) is 25.4 Å². The summed E-state index contributed by atoms with van der Waals surface area (Å²) in [4.78, 5) is 27.4. The quantitative estimate of drug-likeness (QED) is 0.423. The molecule has 1 aliphatic heterocycles. The van der Waals surface area contributed by atoms with E-state index in [4.69, 9.17) is 9.47 Å². The maximum absolute atomic E-state index is 13.3. The number of benzene rings is 1. The lowest BCUT2D eigenvalue weighted by Crippen LogP contribution is -2.43. The van der Waals surface area contributed by atoms with Crippen molar-refractivity contribution in [1.82, 2.24) is 25.2 Å². The molecule has 1 N–H and O–H groups in total. The van der Waals surface area contributed by atoms with Crippen LogP contribution in [0.15, 0.2) is 54.3 Å². The number of rotatable bonds is 9. The molecule has 0 unspecified atom stereocenters. The zero-order valence-electron chi connectivity index (χ0n) is 21.3. The fraction of sp³-hybridized carbons (Fsp3) is 0.481. The third-order valence-corrected chi connectivity index (χ3v) is 7.20. The molecule has 0 radical (unpaired) electrons. The highest BCUT2D eigenvalue weighted by atomic mass is 16.5. The van der Waals surface area contributed by atoms with Crippen molar-refractivity contribution in [2.24, 2.45) is 5.92 Å². The number of carbonyl (C=O) groups is 2. The number of aromatic nitrogens is 3. The van der Waals surface area contributed by atoms with Gasteiger partial charge in [-0.3, -0.25) is 9.69 Å². The summed E-state index contributed by atoms with van der Waals surface area (Å²) in [7, 11) is 2.95. The molecule has 1 aromatic heterocycles. The lowest BCUT2D eigenvalue weighted by molar-refractivity contribution is -0.125. The van der Waals surface area contributed by atoms with Crippen LogP contribution < -0.4 is 10.1 Å². The number of methoxy groups -OCH3 is 2. The number of allylic oxidation sites excluding steroid dienone is 2. The van der Waals surface area contributed by atoms with E-state index in [2.05, 4.69) is 40.1 Å². The van der Waals surface area contributed by atoms with Crippen molar-refractivity contribution in [2.45, 2.75) is 51.2 Å². The molecule has 0 spiro atoms. The Bertz CT molecular complexity index is 1120. The Balaban J connectivity index is 1.46. The first-order valence-corrected chi connectivity index (χ1v) is 12.4. The molecule has 9 nitrogen and oxygen atoms in total.